The summed E-state index contributed by atoms with van der Waals surface area (Å²) in [6.45, 7) is 1.47. The lowest BCUT2D eigenvalue weighted by Crippen LogP contribution is -2.19. The predicted octanol–water partition coefficient (Wildman–Crippen LogP) is 1.65. The van der Waals surface area contributed by atoms with Gasteiger partial charge in [0, 0.05) is 12.7 Å². The second kappa shape index (κ2) is 6.53. The summed E-state index contributed by atoms with van der Waals surface area (Å²) in [5.74, 6) is 0.466. The van der Waals surface area contributed by atoms with Crippen molar-refractivity contribution in [3.05, 3.63) is 33.4 Å². The van der Waals surface area contributed by atoms with E-state index in [1.54, 1.807) is 18.2 Å². The van der Waals surface area contributed by atoms with Crippen LogP contribution in [0.4, 0.5) is 0 Å². The first kappa shape index (κ1) is 15.2. The van der Waals surface area contributed by atoms with Crippen molar-refractivity contribution in [2.24, 2.45) is 0 Å². The summed E-state index contributed by atoms with van der Waals surface area (Å²) in [6, 6.07) is 5.09. The maximum Gasteiger partial charge on any atom is 0.305 e. The number of nitrogens with one attached hydrogen (secondary N) is 1. The Morgan fingerprint density at radius 1 is 1.45 bits per heavy atom. The van der Waals surface area contributed by atoms with Crippen molar-refractivity contribution < 1.29 is 15.0 Å². The van der Waals surface area contributed by atoms with E-state index >= 15 is 0 Å². The second-order valence-electron chi connectivity index (χ2n) is 4.41. The molecule has 2 atom stereocenters. The SMILES string of the molecule is CC(=O)SCCC(O)C(O)c1ccc2[nH]c(=O)sc2c1. The molecule has 108 valence electrons. The van der Waals surface area contributed by atoms with Crippen LogP contribution in [-0.4, -0.2) is 32.2 Å². The van der Waals surface area contributed by atoms with Crippen molar-refractivity contribution in [1.29, 1.82) is 0 Å². The Kier molecular flexibility index (Phi) is 4.98. The quantitative estimate of drug-likeness (QED) is 0.781. The highest BCUT2D eigenvalue weighted by molar-refractivity contribution is 8.13. The molecule has 2 aromatic rings. The van der Waals surface area contributed by atoms with E-state index < -0.39 is 12.2 Å². The molecule has 0 aliphatic carbocycles. The van der Waals surface area contributed by atoms with Crippen molar-refractivity contribution in [3.63, 3.8) is 0 Å². The Bertz CT molecular complexity index is 664. The Hall–Kier alpha value is -1.15. The average Bonchev–Trinajstić information content (AvgIpc) is 2.76. The summed E-state index contributed by atoms with van der Waals surface area (Å²) in [6.07, 6.45) is -1.63. The molecule has 0 aliphatic rings. The van der Waals surface area contributed by atoms with Crippen LogP contribution in [0.3, 0.4) is 0 Å². The lowest BCUT2D eigenvalue weighted by molar-refractivity contribution is -0.109. The Balaban J connectivity index is 2.07. The summed E-state index contributed by atoms with van der Waals surface area (Å²) < 4.78 is 0.747. The van der Waals surface area contributed by atoms with Gasteiger partial charge in [0.1, 0.15) is 6.10 Å². The van der Waals surface area contributed by atoms with Gasteiger partial charge >= 0.3 is 4.87 Å². The van der Waals surface area contributed by atoms with E-state index in [1.165, 1.54) is 6.92 Å². The fraction of sp³-hybridized carbons (Fsp3) is 0.385. The number of carbonyl (C=O) groups is 1. The summed E-state index contributed by atoms with van der Waals surface area (Å²) in [5.41, 5.74) is 1.28. The zero-order chi connectivity index (χ0) is 14.7. The molecule has 0 spiro atoms. The second-order valence-corrected chi connectivity index (χ2v) is 6.70. The number of aliphatic hydroxyl groups is 2. The zero-order valence-corrected chi connectivity index (χ0v) is 12.5. The lowest BCUT2D eigenvalue weighted by Gasteiger charge is -2.17. The minimum Gasteiger partial charge on any atom is -0.390 e. The fourth-order valence-electron chi connectivity index (χ4n) is 1.85. The molecule has 0 amide bonds. The number of rotatable bonds is 5. The number of hydrogen-bond acceptors (Lipinski definition) is 6. The maximum absolute atomic E-state index is 11.2. The Labute approximate surface area is 123 Å². The first-order valence-electron chi connectivity index (χ1n) is 6.09. The van der Waals surface area contributed by atoms with E-state index in [0.29, 0.717) is 17.7 Å². The molecule has 0 saturated heterocycles. The van der Waals surface area contributed by atoms with Crippen molar-refractivity contribution in [1.82, 2.24) is 4.98 Å². The Morgan fingerprint density at radius 3 is 2.90 bits per heavy atom. The standard InChI is InChI=1S/C13H15NO4S2/c1-7(15)19-5-4-10(16)12(17)8-2-3-9-11(6-8)20-13(18)14-9/h2-3,6,10,12,16-17H,4-5H2,1H3,(H,14,18). The van der Waals surface area contributed by atoms with Crippen LogP contribution in [0.2, 0.25) is 0 Å². The molecule has 1 aromatic heterocycles. The van der Waals surface area contributed by atoms with Gasteiger partial charge in [0.2, 0.25) is 0 Å². The molecule has 0 bridgehead atoms. The van der Waals surface area contributed by atoms with Crippen LogP contribution in [0, 0.1) is 0 Å². The van der Waals surface area contributed by atoms with Crippen LogP contribution in [0.25, 0.3) is 10.2 Å². The van der Waals surface area contributed by atoms with Crippen LogP contribution in [0.15, 0.2) is 23.0 Å². The normalized spacial score (nSPS) is 14.3. The van der Waals surface area contributed by atoms with Crippen molar-refractivity contribution in [2.45, 2.75) is 25.6 Å². The smallest absolute Gasteiger partial charge is 0.305 e. The highest BCUT2D eigenvalue weighted by Crippen LogP contribution is 2.24. The molecule has 0 aliphatic heterocycles. The number of carbonyl (C=O) groups excluding carboxylic acids is 1. The number of aromatic amines is 1. The third-order valence-corrected chi connectivity index (χ3v) is 4.56. The van der Waals surface area contributed by atoms with Gasteiger partial charge in [-0.25, -0.2) is 0 Å². The van der Waals surface area contributed by atoms with Gasteiger partial charge in [-0.05, 0) is 24.1 Å². The van der Waals surface area contributed by atoms with Crippen molar-refractivity contribution in [3.8, 4) is 0 Å². The van der Waals surface area contributed by atoms with E-state index in [9.17, 15) is 19.8 Å². The van der Waals surface area contributed by atoms with Crippen LogP contribution < -0.4 is 4.87 Å². The number of H-pyrrole nitrogens is 1. The molecule has 1 heterocycles. The molecule has 1 aromatic carbocycles. The molecule has 7 heteroatoms. The van der Waals surface area contributed by atoms with Gasteiger partial charge in [-0.15, -0.1) is 0 Å². The number of benzene rings is 1. The van der Waals surface area contributed by atoms with E-state index in [0.717, 1.165) is 33.3 Å². The van der Waals surface area contributed by atoms with Crippen molar-refractivity contribution >= 4 is 38.4 Å². The zero-order valence-electron chi connectivity index (χ0n) is 10.8. The number of thioether (sulfide) groups is 1. The van der Waals surface area contributed by atoms with E-state index in [4.69, 9.17) is 0 Å². The summed E-state index contributed by atoms with van der Waals surface area (Å²) in [7, 11) is 0. The summed E-state index contributed by atoms with van der Waals surface area (Å²) in [4.78, 5) is 24.6. The number of aliphatic hydroxyl groups excluding tert-OH is 2. The monoisotopic (exact) mass is 313 g/mol. The number of aromatic nitrogens is 1. The van der Waals surface area contributed by atoms with Crippen LogP contribution in [0.5, 0.6) is 0 Å². The average molecular weight is 313 g/mol. The molecule has 5 nitrogen and oxygen atoms in total. The third-order valence-electron chi connectivity index (χ3n) is 2.87. The van der Waals surface area contributed by atoms with Gasteiger partial charge < -0.3 is 15.2 Å². The van der Waals surface area contributed by atoms with Crippen LogP contribution in [0.1, 0.15) is 25.0 Å². The predicted molar refractivity (Wildman–Crippen MR) is 81.2 cm³/mol. The molecular formula is C13H15NO4S2. The molecular weight excluding hydrogens is 298 g/mol. The first-order valence-corrected chi connectivity index (χ1v) is 7.90. The van der Waals surface area contributed by atoms with Gasteiger partial charge in [0.25, 0.3) is 0 Å². The maximum atomic E-state index is 11.2. The minimum atomic E-state index is -1.02. The molecule has 2 unspecified atom stereocenters. The molecule has 3 N–H and O–H groups in total. The molecule has 0 radical (unpaired) electrons. The molecule has 20 heavy (non-hydrogen) atoms. The lowest BCUT2D eigenvalue weighted by atomic mass is 10.0. The summed E-state index contributed by atoms with van der Waals surface area (Å²) >= 11 is 2.19. The van der Waals surface area contributed by atoms with Gasteiger partial charge in [-0.2, -0.15) is 0 Å². The topological polar surface area (TPSA) is 90.4 Å². The van der Waals surface area contributed by atoms with Gasteiger partial charge in [-0.1, -0.05) is 29.2 Å². The van der Waals surface area contributed by atoms with E-state index in [-0.39, 0.29) is 9.99 Å². The first-order chi connectivity index (χ1) is 9.47. The fourth-order valence-corrected chi connectivity index (χ4v) is 3.28. The van der Waals surface area contributed by atoms with E-state index in [1.807, 2.05) is 0 Å². The van der Waals surface area contributed by atoms with Crippen molar-refractivity contribution in [2.75, 3.05) is 5.75 Å². The number of thiazole rings is 1. The highest BCUT2D eigenvalue weighted by atomic mass is 32.2. The number of fused-ring (bicyclic) bond motifs is 1. The highest BCUT2D eigenvalue weighted by Gasteiger charge is 2.19. The Morgan fingerprint density at radius 2 is 2.20 bits per heavy atom. The van der Waals surface area contributed by atoms with Crippen LogP contribution >= 0.6 is 23.1 Å². The van der Waals surface area contributed by atoms with Gasteiger partial charge in [0.15, 0.2) is 5.12 Å². The third kappa shape index (κ3) is 3.69. The van der Waals surface area contributed by atoms with E-state index in [2.05, 4.69) is 4.98 Å². The minimum absolute atomic E-state index is 0.00907. The summed E-state index contributed by atoms with van der Waals surface area (Å²) in [5, 5.41) is 20.0. The van der Waals surface area contributed by atoms with Gasteiger partial charge in [-0.3, -0.25) is 9.59 Å². The van der Waals surface area contributed by atoms with Crippen LogP contribution in [-0.2, 0) is 4.79 Å². The molecule has 0 fully saturated rings. The largest absolute Gasteiger partial charge is 0.390 e. The number of hydrogen-bond donors (Lipinski definition) is 3. The molecule has 2 rings (SSSR count). The molecule has 0 saturated carbocycles. The van der Waals surface area contributed by atoms with Gasteiger partial charge in [0.05, 0.1) is 16.3 Å².